The number of amides is 1. The van der Waals surface area contributed by atoms with Gasteiger partial charge in [0.25, 0.3) is 0 Å². The van der Waals surface area contributed by atoms with Gasteiger partial charge in [0.05, 0.1) is 19.2 Å². The smallest absolute Gasteiger partial charge is 0.237 e. The van der Waals surface area contributed by atoms with E-state index in [9.17, 15) is 4.79 Å². The number of aryl methyl sites for hydroxylation is 1. The van der Waals surface area contributed by atoms with Gasteiger partial charge >= 0.3 is 0 Å². The predicted molar refractivity (Wildman–Crippen MR) is 94.9 cm³/mol. The Labute approximate surface area is 147 Å². The molecule has 2 aromatic carbocycles. The standard InChI is InChI=1S/C20H22N2O3/c1-12-8-14-9-15-20(23)21-10-16(22-15)17(14)19(18(12)24-2)25-11-13-6-4-3-5-7-13/h3-8,15-16,22H,9-11H2,1-2H3,(H,21,23)/t15-,16-/m0/s1. The lowest BCUT2D eigenvalue weighted by Gasteiger charge is -2.38. The average Bonchev–Trinajstić information content (AvgIpc) is 2.63. The van der Waals surface area contributed by atoms with Gasteiger partial charge in [-0.15, -0.1) is 0 Å². The van der Waals surface area contributed by atoms with Crippen molar-refractivity contribution >= 4 is 5.91 Å². The fourth-order valence-corrected chi connectivity index (χ4v) is 3.79. The Kier molecular flexibility index (Phi) is 4.09. The van der Waals surface area contributed by atoms with Gasteiger partial charge < -0.3 is 14.8 Å². The molecule has 0 saturated carbocycles. The number of fused-ring (bicyclic) bond motifs is 4. The second-order valence-corrected chi connectivity index (χ2v) is 6.62. The molecule has 0 aliphatic carbocycles. The minimum atomic E-state index is -0.166. The average molecular weight is 338 g/mol. The maximum Gasteiger partial charge on any atom is 0.237 e. The molecule has 2 atom stereocenters. The number of hydrogen-bond donors (Lipinski definition) is 2. The summed E-state index contributed by atoms with van der Waals surface area (Å²) in [5.41, 5.74) is 4.42. The highest BCUT2D eigenvalue weighted by Crippen LogP contribution is 2.43. The molecule has 2 aromatic rings. The highest BCUT2D eigenvalue weighted by atomic mass is 16.5. The number of carbonyl (C=O) groups is 1. The van der Waals surface area contributed by atoms with Crippen LogP contribution in [-0.4, -0.2) is 25.6 Å². The normalized spacial score (nSPS) is 21.3. The summed E-state index contributed by atoms with van der Waals surface area (Å²) in [6, 6.07) is 12.1. The van der Waals surface area contributed by atoms with Crippen molar-refractivity contribution in [1.82, 2.24) is 10.6 Å². The van der Waals surface area contributed by atoms with E-state index in [1.165, 1.54) is 5.56 Å². The number of hydrogen-bond acceptors (Lipinski definition) is 4. The van der Waals surface area contributed by atoms with Crippen LogP contribution in [0.4, 0.5) is 0 Å². The largest absolute Gasteiger partial charge is 0.493 e. The van der Waals surface area contributed by atoms with Crippen LogP contribution in [0.1, 0.15) is 28.3 Å². The quantitative estimate of drug-likeness (QED) is 0.898. The second kappa shape index (κ2) is 6.41. The minimum Gasteiger partial charge on any atom is -0.493 e. The number of nitrogens with one attached hydrogen (secondary N) is 2. The Morgan fingerprint density at radius 3 is 2.72 bits per heavy atom. The molecule has 25 heavy (non-hydrogen) atoms. The molecule has 1 saturated heterocycles. The Hall–Kier alpha value is -2.53. The lowest BCUT2D eigenvalue weighted by atomic mass is 9.85. The molecule has 2 aliphatic heterocycles. The van der Waals surface area contributed by atoms with Crippen LogP contribution in [0.3, 0.4) is 0 Å². The number of benzene rings is 2. The van der Waals surface area contributed by atoms with E-state index in [4.69, 9.17) is 9.47 Å². The monoisotopic (exact) mass is 338 g/mol. The van der Waals surface area contributed by atoms with Crippen molar-refractivity contribution < 1.29 is 14.3 Å². The van der Waals surface area contributed by atoms with Gasteiger partial charge in [-0.25, -0.2) is 0 Å². The van der Waals surface area contributed by atoms with E-state index in [1.54, 1.807) is 7.11 Å². The maximum atomic E-state index is 12.0. The highest BCUT2D eigenvalue weighted by molar-refractivity contribution is 5.84. The van der Waals surface area contributed by atoms with Crippen molar-refractivity contribution in [3.63, 3.8) is 0 Å². The highest BCUT2D eigenvalue weighted by Gasteiger charge is 2.38. The van der Waals surface area contributed by atoms with Gasteiger partial charge in [0, 0.05) is 12.1 Å². The minimum absolute atomic E-state index is 0.0479. The molecule has 2 N–H and O–H groups in total. The molecule has 1 amide bonds. The number of carbonyl (C=O) groups excluding carboxylic acids is 1. The van der Waals surface area contributed by atoms with E-state index < -0.39 is 0 Å². The van der Waals surface area contributed by atoms with Gasteiger partial charge in [0.1, 0.15) is 6.61 Å². The molecule has 0 spiro atoms. The van der Waals surface area contributed by atoms with Crippen LogP contribution in [0, 0.1) is 6.92 Å². The molecule has 2 heterocycles. The van der Waals surface area contributed by atoms with Crippen LogP contribution < -0.4 is 20.1 Å². The van der Waals surface area contributed by atoms with Crippen LogP contribution in [0.2, 0.25) is 0 Å². The van der Waals surface area contributed by atoms with E-state index in [0.29, 0.717) is 19.6 Å². The van der Waals surface area contributed by atoms with E-state index in [1.807, 2.05) is 37.3 Å². The molecular formula is C20H22N2O3. The summed E-state index contributed by atoms with van der Waals surface area (Å²) >= 11 is 0. The van der Waals surface area contributed by atoms with E-state index >= 15 is 0 Å². The molecule has 5 nitrogen and oxygen atoms in total. The molecular weight excluding hydrogens is 316 g/mol. The van der Waals surface area contributed by atoms with Gasteiger partial charge in [0.15, 0.2) is 11.5 Å². The van der Waals surface area contributed by atoms with Crippen LogP contribution in [-0.2, 0) is 17.8 Å². The van der Waals surface area contributed by atoms with Gasteiger partial charge in [-0.3, -0.25) is 10.1 Å². The lowest BCUT2D eigenvalue weighted by molar-refractivity contribution is -0.125. The Bertz CT molecular complexity index is 804. The molecule has 130 valence electrons. The summed E-state index contributed by atoms with van der Waals surface area (Å²) in [5, 5.41) is 6.40. The van der Waals surface area contributed by atoms with E-state index in [0.717, 1.165) is 28.2 Å². The fourth-order valence-electron chi connectivity index (χ4n) is 3.79. The van der Waals surface area contributed by atoms with Crippen LogP contribution in [0.25, 0.3) is 0 Å². The topological polar surface area (TPSA) is 59.6 Å². The summed E-state index contributed by atoms with van der Waals surface area (Å²) in [7, 11) is 1.67. The van der Waals surface area contributed by atoms with Crippen molar-refractivity contribution in [2.75, 3.05) is 13.7 Å². The Balaban J connectivity index is 1.74. The number of rotatable bonds is 4. The van der Waals surface area contributed by atoms with Crippen molar-refractivity contribution in [2.45, 2.75) is 32.0 Å². The fraction of sp³-hybridized carbons (Fsp3) is 0.350. The zero-order chi connectivity index (χ0) is 17.4. The summed E-state index contributed by atoms with van der Waals surface area (Å²) in [6.07, 6.45) is 0.671. The van der Waals surface area contributed by atoms with Crippen molar-refractivity contribution in [1.29, 1.82) is 0 Å². The lowest BCUT2D eigenvalue weighted by Crippen LogP contribution is -2.57. The molecule has 4 rings (SSSR count). The Morgan fingerprint density at radius 1 is 1.16 bits per heavy atom. The molecule has 0 aromatic heterocycles. The van der Waals surface area contributed by atoms with Crippen LogP contribution in [0.15, 0.2) is 36.4 Å². The van der Waals surface area contributed by atoms with Crippen molar-refractivity contribution in [2.24, 2.45) is 0 Å². The molecule has 2 aliphatic rings. The first-order chi connectivity index (χ1) is 12.2. The van der Waals surface area contributed by atoms with Crippen LogP contribution >= 0.6 is 0 Å². The van der Waals surface area contributed by atoms with E-state index in [-0.39, 0.29) is 18.0 Å². The summed E-state index contributed by atoms with van der Waals surface area (Å²) in [4.78, 5) is 12.0. The van der Waals surface area contributed by atoms with Gasteiger partial charge in [-0.05, 0) is 30.0 Å². The third-order valence-corrected chi connectivity index (χ3v) is 4.95. The zero-order valence-electron chi connectivity index (χ0n) is 14.5. The van der Waals surface area contributed by atoms with Gasteiger partial charge in [0.2, 0.25) is 5.91 Å². The SMILES string of the molecule is COc1c(C)cc2c(c1OCc1ccccc1)[C@@H]1CNC(=O)[C@H](C2)N1. The molecule has 2 bridgehead atoms. The first-order valence-corrected chi connectivity index (χ1v) is 8.58. The Morgan fingerprint density at radius 2 is 1.96 bits per heavy atom. The summed E-state index contributed by atoms with van der Waals surface area (Å²) in [5.74, 6) is 1.63. The number of ether oxygens (including phenoxy) is 2. The maximum absolute atomic E-state index is 12.0. The third kappa shape index (κ3) is 2.85. The van der Waals surface area contributed by atoms with Gasteiger partial charge in [-0.1, -0.05) is 36.4 Å². The summed E-state index contributed by atoms with van der Waals surface area (Å²) in [6.45, 7) is 3.07. The number of methoxy groups -OCH3 is 1. The summed E-state index contributed by atoms with van der Waals surface area (Å²) < 4.78 is 11.9. The van der Waals surface area contributed by atoms with Crippen LogP contribution in [0.5, 0.6) is 11.5 Å². The molecule has 0 radical (unpaired) electrons. The van der Waals surface area contributed by atoms with Gasteiger partial charge in [-0.2, -0.15) is 0 Å². The first-order valence-electron chi connectivity index (χ1n) is 8.58. The predicted octanol–water partition coefficient (Wildman–Crippen LogP) is 2.27. The second-order valence-electron chi connectivity index (χ2n) is 6.62. The third-order valence-electron chi connectivity index (χ3n) is 4.95. The van der Waals surface area contributed by atoms with E-state index in [2.05, 4.69) is 16.7 Å². The molecule has 1 fully saturated rings. The zero-order valence-corrected chi connectivity index (χ0v) is 14.5. The number of piperazine rings is 1. The van der Waals surface area contributed by atoms with Crippen molar-refractivity contribution in [3.8, 4) is 11.5 Å². The molecule has 0 unspecified atom stereocenters. The first kappa shape index (κ1) is 16.0. The van der Waals surface area contributed by atoms with Crippen molar-refractivity contribution in [3.05, 3.63) is 58.7 Å². The molecule has 5 heteroatoms.